The molecule has 1 amide bonds. The van der Waals surface area contributed by atoms with E-state index in [4.69, 9.17) is 14.2 Å². The largest absolute Gasteiger partial charge is 0.497 e. The molecule has 192 valence electrons. The van der Waals surface area contributed by atoms with Crippen LogP contribution in [-0.2, 0) is 22.6 Å². The first kappa shape index (κ1) is 25.8. The Bertz CT molecular complexity index is 1190. The van der Waals surface area contributed by atoms with Gasteiger partial charge in [0.05, 0.1) is 44.9 Å². The topological polar surface area (TPSA) is 99.5 Å². The summed E-state index contributed by atoms with van der Waals surface area (Å²) in [5.41, 5.74) is 4.03. The molecule has 1 aliphatic heterocycles. The Kier molecular flexibility index (Phi) is 8.71. The zero-order valence-corrected chi connectivity index (χ0v) is 22.0. The predicted octanol–water partition coefficient (Wildman–Crippen LogP) is 4.43. The maximum atomic E-state index is 12.8. The van der Waals surface area contributed by atoms with Gasteiger partial charge in [-0.1, -0.05) is 29.5 Å². The number of rotatable bonds is 11. The fourth-order valence-corrected chi connectivity index (χ4v) is 4.91. The highest BCUT2D eigenvalue weighted by Gasteiger charge is 2.22. The maximum absolute atomic E-state index is 12.8. The number of hydrogen-bond acceptors (Lipinski definition) is 8. The molecule has 3 aromatic rings. The molecule has 1 aliphatic rings. The van der Waals surface area contributed by atoms with Crippen LogP contribution >= 0.6 is 11.8 Å². The van der Waals surface area contributed by atoms with Crippen molar-refractivity contribution in [1.82, 2.24) is 14.8 Å². The molecule has 0 aliphatic carbocycles. The van der Waals surface area contributed by atoms with Crippen LogP contribution in [0.2, 0.25) is 0 Å². The fourth-order valence-electron chi connectivity index (χ4n) is 4.15. The van der Waals surface area contributed by atoms with E-state index in [1.165, 1.54) is 22.9 Å². The van der Waals surface area contributed by atoms with Crippen molar-refractivity contribution in [2.45, 2.75) is 51.0 Å². The lowest BCUT2D eigenvalue weighted by Gasteiger charge is -2.16. The number of amides is 1. The van der Waals surface area contributed by atoms with E-state index < -0.39 is 0 Å². The van der Waals surface area contributed by atoms with E-state index in [0.717, 1.165) is 31.0 Å². The highest BCUT2D eigenvalue weighted by Crippen LogP contribution is 2.29. The van der Waals surface area contributed by atoms with Gasteiger partial charge in [-0.2, -0.15) is 0 Å². The molecule has 1 saturated heterocycles. The van der Waals surface area contributed by atoms with Crippen LogP contribution in [0.1, 0.15) is 29.8 Å². The normalized spacial score (nSPS) is 15.1. The van der Waals surface area contributed by atoms with Gasteiger partial charge in [0.2, 0.25) is 5.91 Å². The molecule has 1 aromatic heterocycles. The molecule has 0 radical (unpaired) electrons. The van der Waals surface area contributed by atoms with Gasteiger partial charge in [-0.25, -0.2) is 0 Å². The first-order valence-corrected chi connectivity index (χ1v) is 12.9. The Morgan fingerprint density at radius 3 is 2.72 bits per heavy atom. The summed E-state index contributed by atoms with van der Waals surface area (Å²) in [4.78, 5) is 12.8. The van der Waals surface area contributed by atoms with E-state index in [2.05, 4.69) is 57.4 Å². The van der Waals surface area contributed by atoms with Crippen molar-refractivity contribution in [3.05, 3.63) is 53.3 Å². The number of nitrogens with one attached hydrogen (secondary N) is 2. The molecule has 2 heterocycles. The average Bonchev–Trinajstić information content (AvgIpc) is 3.52. The molecule has 9 nitrogen and oxygen atoms in total. The van der Waals surface area contributed by atoms with E-state index in [0.29, 0.717) is 35.4 Å². The summed E-state index contributed by atoms with van der Waals surface area (Å²) in [6, 6.07) is 11.6. The monoisotopic (exact) mass is 511 g/mol. The van der Waals surface area contributed by atoms with Gasteiger partial charge < -0.3 is 29.4 Å². The lowest BCUT2D eigenvalue weighted by Crippen LogP contribution is -2.20. The van der Waals surface area contributed by atoms with Gasteiger partial charge in [-0.15, -0.1) is 10.2 Å². The van der Waals surface area contributed by atoms with E-state index in [1.54, 1.807) is 32.4 Å². The zero-order valence-electron chi connectivity index (χ0n) is 21.2. The first-order chi connectivity index (χ1) is 17.5. The Labute approximate surface area is 215 Å². The van der Waals surface area contributed by atoms with Crippen LogP contribution in [0, 0.1) is 13.8 Å². The van der Waals surface area contributed by atoms with Crippen LogP contribution in [0.15, 0.2) is 41.6 Å². The summed E-state index contributed by atoms with van der Waals surface area (Å²) in [5.74, 6) is 2.01. The molecule has 10 heteroatoms. The second-order valence-electron chi connectivity index (χ2n) is 8.72. The maximum Gasteiger partial charge on any atom is 0.234 e. The Morgan fingerprint density at radius 1 is 1.14 bits per heavy atom. The Hall–Kier alpha value is -3.24. The number of aromatic nitrogens is 3. The quantitative estimate of drug-likeness (QED) is 0.365. The molecule has 2 aromatic carbocycles. The van der Waals surface area contributed by atoms with Crippen molar-refractivity contribution < 1.29 is 19.0 Å². The number of anilines is 2. The zero-order chi connectivity index (χ0) is 25.5. The van der Waals surface area contributed by atoms with Crippen LogP contribution in [0.25, 0.3) is 0 Å². The van der Waals surface area contributed by atoms with Gasteiger partial charge in [-0.3, -0.25) is 4.79 Å². The van der Waals surface area contributed by atoms with E-state index in [-0.39, 0.29) is 17.8 Å². The highest BCUT2D eigenvalue weighted by atomic mass is 32.2. The predicted molar refractivity (Wildman–Crippen MR) is 141 cm³/mol. The third-order valence-corrected chi connectivity index (χ3v) is 7.00. The van der Waals surface area contributed by atoms with Crippen LogP contribution in [0.5, 0.6) is 11.5 Å². The van der Waals surface area contributed by atoms with Crippen LogP contribution in [-0.4, -0.2) is 53.4 Å². The standard InChI is InChI=1S/C26H33N5O4S/c1-17-7-9-21(18(2)12-17)27-14-24-29-30-26(31(24)15-20-6-5-11-35-20)36-16-25(32)28-22-13-19(33-3)8-10-23(22)34-4/h7-10,12-13,20,27H,5-6,11,14-16H2,1-4H3,(H,28,32). The Morgan fingerprint density at radius 2 is 2.00 bits per heavy atom. The van der Waals surface area contributed by atoms with Crippen molar-refractivity contribution in [2.24, 2.45) is 0 Å². The molecule has 36 heavy (non-hydrogen) atoms. The second kappa shape index (κ2) is 12.1. The van der Waals surface area contributed by atoms with E-state index >= 15 is 0 Å². The van der Waals surface area contributed by atoms with Gasteiger partial charge in [0.25, 0.3) is 0 Å². The number of nitrogens with zero attached hydrogens (tertiary/aromatic N) is 3. The molecule has 2 N–H and O–H groups in total. The van der Waals surface area contributed by atoms with Crippen molar-refractivity contribution in [3.8, 4) is 11.5 Å². The van der Waals surface area contributed by atoms with Gasteiger partial charge in [-0.05, 0) is 50.5 Å². The number of carbonyl (C=O) groups is 1. The summed E-state index contributed by atoms with van der Waals surface area (Å²) in [6.07, 6.45) is 2.17. The molecule has 4 rings (SSSR count). The average molecular weight is 512 g/mol. The third-order valence-electron chi connectivity index (χ3n) is 6.04. The van der Waals surface area contributed by atoms with E-state index in [9.17, 15) is 4.79 Å². The van der Waals surface area contributed by atoms with Crippen molar-refractivity contribution >= 4 is 29.0 Å². The van der Waals surface area contributed by atoms with Gasteiger partial charge in [0, 0.05) is 18.4 Å². The van der Waals surface area contributed by atoms with Crippen molar-refractivity contribution in [2.75, 3.05) is 37.2 Å². The SMILES string of the molecule is COc1ccc(OC)c(NC(=O)CSc2nnc(CNc3ccc(C)cc3C)n2CC2CCCO2)c1. The highest BCUT2D eigenvalue weighted by molar-refractivity contribution is 7.99. The smallest absolute Gasteiger partial charge is 0.234 e. The molecule has 0 bridgehead atoms. The van der Waals surface area contributed by atoms with Gasteiger partial charge in [0.15, 0.2) is 11.0 Å². The van der Waals surface area contributed by atoms with Crippen molar-refractivity contribution in [3.63, 3.8) is 0 Å². The summed E-state index contributed by atoms with van der Waals surface area (Å²) >= 11 is 1.35. The van der Waals surface area contributed by atoms with Crippen LogP contribution < -0.4 is 20.1 Å². The minimum absolute atomic E-state index is 0.120. The molecule has 1 atom stereocenters. The number of thioether (sulfide) groups is 1. The molecule has 0 spiro atoms. The molecule has 1 unspecified atom stereocenters. The number of ether oxygens (including phenoxy) is 3. The van der Waals surface area contributed by atoms with Gasteiger partial charge >= 0.3 is 0 Å². The number of carbonyl (C=O) groups excluding carboxylic acids is 1. The lowest BCUT2D eigenvalue weighted by molar-refractivity contribution is -0.113. The minimum Gasteiger partial charge on any atom is -0.497 e. The lowest BCUT2D eigenvalue weighted by atomic mass is 10.1. The van der Waals surface area contributed by atoms with Gasteiger partial charge in [0.1, 0.15) is 11.5 Å². The summed E-state index contributed by atoms with van der Waals surface area (Å²) in [6.45, 7) is 6.13. The van der Waals surface area contributed by atoms with Crippen molar-refractivity contribution in [1.29, 1.82) is 0 Å². The number of hydrogen-bond donors (Lipinski definition) is 2. The molecular formula is C26H33N5O4S. The number of aryl methyl sites for hydroxylation is 2. The van der Waals surface area contributed by atoms with Crippen LogP contribution in [0.3, 0.4) is 0 Å². The van der Waals surface area contributed by atoms with E-state index in [1.807, 2.05) is 0 Å². The molecule has 1 fully saturated rings. The first-order valence-electron chi connectivity index (χ1n) is 12.0. The number of methoxy groups -OCH3 is 2. The van der Waals surface area contributed by atoms with Crippen LogP contribution in [0.4, 0.5) is 11.4 Å². The molecular weight excluding hydrogens is 478 g/mol. The Balaban J connectivity index is 1.45. The number of benzene rings is 2. The molecule has 0 saturated carbocycles. The summed E-state index contributed by atoms with van der Waals surface area (Å²) < 4.78 is 18.6. The fraction of sp³-hybridized carbons (Fsp3) is 0.423. The minimum atomic E-state index is -0.173. The summed E-state index contributed by atoms with van der Waals surface area (Å²) in [7, 11) is 3.14. The third kappa shape index (κ3) is 6.50. The summed E-state index contributed by atoms with van der Waals surface area (Å²) in [5, 5.41) is 15.9. The second-order valence-corrected chi connectivity index (χ2v) is 9.66.